The van der Waals surface area contributed by atoms with Crippen LogP contribution in [-0.2, 0) is 10.0 Å². The summed E-state index contributed by atoms with van der Waals surface area (Å²) in [5.41, 5.74) is 0.837. The Labute approximate surface area is 124 Å². The Morgan fingerprint density at radius 1 is 1.48 bits per heavy atom. The van der Waals surface area contributed by atoms with Crippen molar-refractivity contribution in [1.29, 1.82) is 0 Å². The lowest BCUT2D eigenvalue weighted by Gasteiger charge is -2.32. The van der Waals surface area contributed by atoms with Crippen LogP contribution in [0.1, 0.15) is 28.8 Å². The van der Waals surface area contributed by atoms with Crippen LogP contribution in [0.3, 0.4) is 0 Å². The molecule has 1 aromatic rings. The third-order valence-electron chi connectivity index (χ3n) is 3.63. The molecule has 1 saturated heterocycles. The van der Waals surface area contributed by atoms with Crippen LogP contribution < -0.4 is 5.14 Å². The van der Waals surface area contributed by atoms with E-state index in [-0.39, 0.29) is 17.2 Å². The van der Waals surface area contributed by atoms with Crippen LogP contribution in [0.25, 0.3) is 0 Å². The second kappa shape index (κ2) is 6.11. The van der Waals surface area contributed by atoms with Crippen LogP contribution in [0.4, 0.5) is 4.39 Å². The molecule has 0 bridgehead atoms. The summed E-state index contributed by atoms with van der Waals surface area (Å²) in [6, 6.07) is 4.39. The molecular formula is C14H19FN2O3S. The summed E-state index contributed by atoms with van der Waals surface area (Å²) < 4.78 is 36.1. The maximum Gasteiger partial charge on any atom is 0.256 e. The average Bonchev–Trinajstić information content (AvgIpc) is 2.39. The van der Waals surface area contributed by atoms with Crippen molar-refractivity contribution in [2.24, 2.45) is 11.1 Å². The number of amides is 1. The lowest BCUT2D eigenvalue weighted by atomic mass is 9.99. The van der Waals surface area contributed by atoms with Gasteiger partial charge in [-0.3, -0.25) is 4.79 Å². The summed E-state index contributed by atoms with van der Waals surface area (Å²) >= 11 is 0. The van der Waals surface area contributed by atoms with Crippen molar-refractivity contribution < 1.29 is 17.6 Å². The van der Waals surface area contributed by atoms with Gasteiger partial charge in [0.15, 0.2) is 0 Å². The molecule has 0 radical (unpaired) electrons. The number of halogens is 1. The van der Waals surface area contributed by atoms with Crippen LogP contribution in [0.2, 0.25) is 0 Å². The van der Waals surface area contributed by atoms with Crippen molar-refractivity contribution in [2.75, 3.05) is 18.8 Å². The zero-order valence-corrected chi connectivity index (χ0v) is 12.7. The monoisotopic (exact) mass is 314 g/mol. The number of benzene rings is 1. The van der Waals surface area contributed by atoms with E-state index < -0.39 is 21.7 Å². The zero-order chi connectivity index (χ0) is 15.6. The molecule has 21 heavy (non-hydrogen) atoms. The molecule has 0 aromatic heterocycles. The first-order valence-corrected chi connectivity index (χ1v) is 8.54. The number of aryl methyl sites for hydroxylation is 1. The Balaban J connectivity index is 2.14. The number of rotatable bonds is 3. The molecule has 0 unspecified atom stereocenters. The van der Waals surface area contributed by atoms with Gasteiger partial charge >= 0.3 is 0 Å². The topological polar surface area (TPSA) is 80.5 Å². The van der Waals surface area contributed by atoms with Crippen molar-refractivity contribution >= 4 is 15.9 Å². The molecule has 2 N–H and O–H groups in total. The predicted molar refractivity (Wildman–Crippen MR) is 77.7 cm³/mol. The Morgan fingerprint density at radius 3 is 2.86 bits per heavy atom. The molecule has 2 rings (SSSR count). The molecule has 0 saturated carbocycles. The van der Waals surface area contributed by atoms with E-state index in [1.54, 1.807) is 13.0 Å². The van der Waals surface area contributed by atoms with Gasteiger partial charge in [0.2, 0.25) is 10.0 Å². The number of nitrogens with zero attached hydrogens (tertiary/aromatic N) is 1. The van der Waals surface area contributed by atoms with E-state index in [1.807, 2.05) is 0 Å². The van der Waals surface area contributed by atoms with Crippen molar-refractivity contribution in [3.63, 3.8) is 0 Å². The lowest BCUT2D eigenvalue weighted by molar-refractivity contribution is 0.0679. The second-order valence-electron chi connectivity index (χ2n) is 5.57. The van der Waals surface area contributed by atoms with E-state index in [0.29, 0.717) is 25.9 Å². The van der Waals surface area contributed by atoms with Gasteiger partial charge < -0.3 is 4.90 Å². The second-order valence-corrected chi connectivity index (χ2v) is 7.23. The third-order valence-corrected chi connectivity index (χ3v) is 4.56. The first kappa shape index (κ1) is 15.9. The highest BCUT2D eigenvalue weighted by Crippen LogP contribution is 2.21. The Morgan fingerprint density at radius 2 is 2.19 bits per heavy atom. The largest absolute Gasteiger partial charge is 0.338 e. The van der Waals surface area contributed by atoms with Gasteiger partial charge in [-0.05, 0) is 37.8 Å². The molecule has 116 valence electrons. The van der Waals surface area contributed by atoms with Gasteiger partial charge in [0, 0.05) is 13.1 Å². The van der Waals surface area contributed by atoms with Crippen molar-refractivity contribution in [3.05, 3.63) is 35.1 Å². The lowest BCUT2D eigenvalue weighted by Crippen LogP contribution is -2.42. The molecule has 1 heterocycles. The molecule has 1 aliphatic heterocycles. The van der Waals surface area contributed by atoms with Gasteiger partial charge in [-0.15, -0.1) is 0 Å². The van der Waals surface area contributed by atoms with Crippen LogP contribution >= 0.6 is 0 Å². The highest BCUT2D eigenvalue weighted by atomic mass is 32.2. The average molecular weight is 314 g/mol. The van der Waals surface area contributed by atoms with Crippen molar-refractivity contribution in [1.82, 2.24) is 4.90 Å². The number of hydrogen-bond acceptors (Lipinski definition) is 3. The smallest absolute Gasteiger partial charge is 0.256 e. The summed E-state index contributed by atoms with van der Waals surface area (Å²) in [7, 11) is -3.56. The molecule has 0 spiro atoms. The summed E-state index contributed by atoms with van der Waals surface area (Å²) in [4.78, 5) is 13.9. The molecule has 1 aliphatic rings. The van der Waals surface area contributed by atoms with E-state index in [2.05, 4.69) is 0 Å². The van der Waals surface area contributed by atoms with Gasteiger partial charge in [-0.1, -0.05) is 11.6 Å². The van der Waals surface area contributed by atoms with Gasteiger partial charge in [0.05, 0.1) is 11.3 Å². The molecule has 1 aromatic carbocycles. The number of hydrogen-bond donors (Lipinski definition) is 1. The summed E-state index contributed by atoms with van der Waals surface area (Å²) in [5, 5.41) is 5.05. The highest BCUT2D eigenvalue weighted by molar-refractivity contribution is 7.89. The van der Waals surface area contributed by atoms with Gasteiger partial charge in [-0.2, -0.15) is 0 Å². The number of primary sulfonamides is 1. The Bertz CT molecular complexity index is 646. The van der Waals surface area contributed by atoms with Crippen LogP contribution in [0.15, 0.2) is 18.2 Å². The third kappa shape index (κ3) is 4.25. The fraction of sp³-hybridized carbons (Fsp3) is 0.500. The number of piperidine rings is 1. The minimum Gasteiger partial charge on any atom is -0.338 e. The van der Waals surface area contributed by atoms with Crippen LogP contribution in [0, 0.1) is 18.7 Å². The maximum atomic E-state index is 13.8. The fourth-order valence-electron chi connectivity index (χ4n) is 2.69. The predicted octanol–water partition coefficient (Wildman–Crippen LogP) is 1.27. The van der Waals surface area contributed by atoms with Gasteiger partial charge in [-0.25, -0.2) is 17.9 Å². The van der Waals surface area contributed by atoms with Gasteiger partial charge in [0.1, 0.15) is 5.82 Å². The molecular weight excluding hydrogens is 295 g/mol. The van der Waals surface area contributed by atoms with Crippen LogP contribution in [0.5, 0.6) is 0 Å². The van der Waals surface area contributed by atoms with E-state index in [4.69, 9.17) is 5.14 Å². The molecule has 1 atom stereocenters. The SMILES string of the molecule is Cc1ccc(F)c(C(=O)N2CCC[C@@H](CS(N)(=O)=O)C2)c1. The number of sulfonamides is 1. The number of carbonyl (C=O) groups excluding carboxylic acids is 1. The number of likely N-dealkylation sites (tertiary alicyclic amines) is 1. The maximum absolute atomic E-state index is 13.8. The normalized spacial score (nSPS) is 19.6. The summed E-state index contributed by atoms with van der Waals surface area (Å²) in [6.07, 6.45) is 1.40. The Kier molecular flexibility index (Phi) is 4.63. The number of nitrogens with two attached hydrogens (primary N) is 1. The quantitative estimate of drug-likeness (QED) is 0.912. The Hall–Kier alpha value is -1.47. The summed E-state index contributed by atoms with van der Waals surface area (Å²) in [5.74, 6) is -1.28. The van der Waals surface area contributed by atoms with E-state index >= 15 is 0 Å². The van der Waals surface area contributed by atoms with Crippen LogP contribution in [-0.4, -0.2) is 38.1 Å². The first-order chi connectivity index (χ1) is 9.76. The van der Waals surface area contributed by atoms with Crippen molar-refractivity contribution in [3.8, 4) is 0 Å². The zero-order valence-electron chi connectivity index (χ0n) is 11.9. The van der Waals surface area contributed by atoms with E-state index in [9.17, 15) is 17.6 Å². The number of carbonyl (C=O) groups is 1. The summed E-state index contributed by atoms with van der Waals surface area (Å²) in [6.45, 7) is 2.59. The molecule has 1 amide bonds. The van der Waals surface area contributed by atoms with Gasteiger partial charge in [0.25, 0.3) is 5.91 Å². The molecule has 5 nitrogen and oxygen atoms in total. The fourth-order valence-corrected chi connectivity index (χ4v) is 3.62. The van der Waals surface area contributed by atoms with Crippen molar-refractivity contribution in [2.45, 2.75) is 19.8 Å². The minimum absolute atomic E-state index is 0.0336. The van der Waals surface area contributed by atoms with E-state index in [1.165, 1.54) is 17.0 Å². The molecule has 1 fully saturated rings. The molecule has 7 heteroatoms. The highest BCUT2D eigenvalue weighted by Gasteiger charge is 2.28. The van der Waals surface area contributed by atoms with E-state index in [0.717, 1.165) is 5.56 Å². The molecule has 0 aliphatic carbocycles. The first-order valence-electron chi connectivity index (χ1n) is 6.82. The minimum atomic E-state index is -3.56. The standard InChI is InChI=1S/C14H19FN2O3S/c1-10-4-5-13(15)12(7-10)14(18)17-6-2-3-11(8-17)9-21(16,19)20/h4-5,7,11H,2-3,6,8-9H2,1H3,(H2,16,19,20)/t11-/m1/s1.